The van der Waals surface area contributed by atoms with Crippen LogP contribution in [0.25, 0.3) is 87.9 Å². The number of furan rings is 1. The number of aromatic nitrogens is 2. The molecule has 0 saturated carbocycles. The van der Waals surface area contributed by atoms with Crippen molar-refractivity contribution >= 4 is 54.3 Å². The van der Waals surface area contributed by atoms with Crippen LogP contribution in [-0.2, 0) is 0 Å². The van der Waals surface area contributed by atoms with Crippen LogP contribution in [0.4, 0.5) is 0 Å². The normalized spacial score (nSPS) is 11.9. The fourth-order valence-electron chi connectivity index (χ4n) is 6.49. The van der Waals surface area contributed by atoms with Gasteiger partial charge >= 0.3 is 0 Å². The third-order valence-corrected chi connectivity index (χ3v) is 8.38. The van der Waals surface area contributed by atoms with Gasteiger partial charge in [-0.15, -0.1) is 0 Å². The number of fused-ring (bicyclic) bond motifs is 3. The predicted molar refractivity (Wildman–Crippen MR) is 169 cm³/mol. The zero-order chi connectivity index (χ0) is 26.9. The maximum absolute atomic E-state index is 6.31. The van der Waals surface area contributed by atoms with Crippen molar-refractivity contribution in [1.29, 1.82) is 0 Å². The van der Waals surface area contributed by atoms with E-state index in [-0.39, 0.29) is 0 Å². The SMILES string of the molecule is c1cnc(-c2ccc3ccc4c(-c5ccc(-c6cccc7c6oc6ccccc67)cc5)ccc5ccc2c3c54)nc1. The summed E-state index contributed by atoms with van der Waals surface area (Å²) < 4.78 is 6.31. The van der Waals surface area contributed by atoms with E-state index >= 15 is 0 Å². The van der Waals surface area contributed by atoms with Gasteiger partial charge in [0.25, 0.3) is 0 Å². The minimum Gasteiger partial charge on any atom is -0.455 e. The van der Waals surface area contributed by atoms with E-state index in [4.69, 9.17) is 4.42 Å². The van der Waals surface area contributed by atoms with Gasteiger partial charge in [-0.3, -0.25) is 0 Å². The van der Waals surface area contributed by atoms with Gasteiger partial charge in [0, 0.05) is 34.3 Å². The molecule has 3 heteroatoms. The van der Waals surface area contributed by atoms with Crippen LogP contribution in [0, 0.1) is 0 Å². The van der Waals surface area contributed by atoms with Gasteiger partial charge in [0.2, 0.25) is 0 Å². The van der Waals surface area contributed by atoms with Gasteiger partial charge in [-0.1, -0.05) is 103 Å². The molecule has 0 atom stereocenters. The topological polar surface area (TPSA) is 38.9 Å². The standard InChI is InChI=1S/C38H22N2O/c1-2-8-34-29(5-1)32-7-3-6-28(37(32)41-34)24-11-9-23(10-12-24)27-17-13-25-15-19-31-33(38-39-21-4-22-40-38)20-16-26-14-18-30(27)35(25)36(26)31/h1-22H. The Hall–Kier alpha value is -5.54. The van der Waals surface area contributed by atoms with Crippen molar-refractivity contribution in [3.05, 3.63) is 134 Å². The van der Waals surface area contributed by atoms with Gasteiger partial charge < -0.3 is 4.42 Å². The largest absolute Gasteiger partial charge is 0.455 e. The first kappa shape index (κ1) is 22.3. The second kappa shape index (κ2) is 8.48. The Morgan fingerprint density at radius 3 is 1.78 bits per heavy atom. The summed E-state index contributed by atoms with van der Waals surface area (Å²) in [5, 5.41) is 9.74. The van der Waals surface area contributed by atoms with E-state index in [2.05, 4.69) is 113 Å². The molecular weight excluding hydrogens is 500 g/mol. The summed E-state index contributed by atoms with van der Waals surface area (Å²) in [7, 11) is 0. The number of rotatable bonds is 3. The van der Waals surface area contributed by atoms with Crippen LogP contribution < -0.4 is 0 Å². The highest BCUT2D eigenvalue weighted by molar-refractivity contribution is 6.27. The highest BCUT2D eigenvalue weighted by Gasteiger charge is 2.16. The van der Waals surface area contributed by atoms with Crippen molar-refractivity contribution in [2.45, 2.75) is 0 Å². The Bertz CT molecular complexity index is 2400. The molecule has 0 saturated heterocycles. The van der Waals surface area contributed by atoms with Gasteiger partial charge in [-0.2, -0.15) is 0 Å². The number of hydrogen-bond donors (Lipinski definition) is 0. The zero-order valence-electron chi connectivity index (χ0n) is 22.0. The first-order chi connectivity index (χ1) is 20.3. The molecule has 3 nitrogen and oxygen atoms in total. The number of hydrogen-bond acceptors (Lipinski definition) is 3. The predicted octanol–water partition coefficient (Wildman–Crippen LogP) is 10.3. The van der Waals surface area contributed by atoms with Crippen LogP contribution in [0.3, 0.4) is 0 Å². The van der Waals surface area contributed by atoms with Crippen LogP contribution in [0.15, 0.2) is 138 Å². The summed E-state index contributed by atoms with van der Waals surface area (Å²) in [6.07, 6.45) is 3.60. The fraction of sp³-hybridized carbons (Fsp3) is 0. The molecule has 9 rings (SSSR count). The highest BCUT2D eigenvalue weighted by Crippen LogP contribution is 2.42. The average molecular weight is 523 g/mol. The summed E-state index contributed by atoms with van der Waals surface area (Å²) in [6, 6.07) is 43.1. The Morgan fingerprint density at radius 2 is 1.02 bits per heavy atom. The summed E-state index contributed by atoms with van der Waals surface area (Å²) in [6.45, 7) is 0. The van der Waals surface area contributed by atoms with Crippen molar-refractivity contribution in [2.75, 3.05) is 0 Å². The van der Waals surface area contributed by atoms with E-state index in [9.17, 15) is 0 Å². The van der Waals surface area contributed by atoms with E-state index in [0.717, 1.165) is 44.5 Å². The molecule has 0 radical (unpaired) electrons. The molecule has 0 amide bonds. The summed E-state index contributed by atoms with van der Waals surface area (Å²) in [5.41, 5.74) is 7.57. The molecule has 0 N–H and O–H groups in total. The Morgan fingerprint density at radius 1 is 0.415 bits per heavy atom. The second-order valence-corrected chi connectivity index (χ2v) is 10.6. The summed E-state index contributed by atoms with van der Waals surface area (Å²) in [5.74, 6) is 0.751. The zero-order valence-corrected chi connectivity index (χ0v) is 22.0. The number of nitrogens with zero attached hydrogens (tertiary/aromatic N) is 2. The van der Waals surface area contributed by atoms with Crippen molar-refractivity contribution < 1.29 is 4.42 Å². The quantitative estimate of drug-likeness (QED) is 0.217. The summed E-state index contributed by atoms with van der Waals surface area (Å²) >= 11 is 0. The van der Waals surface area contributed by atoms with Gasteiger partial charge in [0.15, 0.2) is 5.82 Å². The fourth-order valence-corrected chi connectivity index (χ4v) is 6.49. The summed E-state index contributed by atoms with van der Waals surface area (Å²) in [4.78, 5) is 9.09. The van der Waals surface area contributed by atoms with E-state index in [1.54, 1.807) is 12.4 Å². The molecule has 0 fully saturated rings. The molecule has 0 bridgehead atoms. The molecule has 9 aromatic rings. The average Bonchev–Trinajstić information content (AvgIpc) is 3.43. The first-order valence-corrected chi connectivity index (χ1v) is 13.8. The second-order valence-electron chi connectivity index (χ2n) is 10.6. The lowest BCUT2D eigenvalue weighted by molar-refractivity contribution is 0.670. The van der Waals surface area contributed by atoms with Crippen molar-refractivity contribution in [3.8, 4) is 33.6 Å². The maximum Gasteiger partial charge on any atom is 0.159 e. The van der Waals surface area contributed by atoms with E-state index in [1.165, 1.54) is 43.4 Å². The van der Waals surface area contributed by atoms with Crippen LogP contribution >= 0.6 is 0 Å². The molecule has 0 aliphatic heterocycles. The number of para-hydroxylation sites is 2. The molecule has 0 aliphatic rings. The third kappa shape index (κ3) is 3.26. The monoisotopic (exact) mass is 522 g/mol. The minimum atomic E-state index is 0.751. The van der Waals surface area contributed by atoms with E-state index in [1.807, 2.05) is 18.2 Å². The number of benzene rings is 7. The molecular formula is C38H22N2O. The molecule has 41 heavy (non-hydrogen) atoms. The Labute approximate surface area is 235 Å². The minimum absolute atomic E-state index is 0.751. The lowest BCUT2D eigenvalue weighted by Gasteiger charge is -2.16. The Kier molecular flexibility index (Phi) is 4.61. The lowest BCUT2D eigenvalue weighted by Crippen LogP contribution is -1.92. The van der Waals surface area contributed by atoms with Crippen LogP contribution in [0.2, 0.25) is 0 Å². The van der Waals surface area contributed by atoms with Crippen molar-refractivity contribution in [1.82, 2.24) is 9.97 Å². The molecule has 0 unspecified atom stereocenters. The van der Waals surface area contributed by atoms with Gasteiger partial charge in [-0.05, 0) is 67.2 Å². The molecule has 2 aromatic heterocycles. The molecule has 7 aromatic carbocycles. The third-order valence-electron chi connectivity index (χ3n) is 8.38. The van der Waals surface area contributed by atoms with Gasteiger partial charge in [-0.25, -0.2) is 9.97 Å². The molecule has 0 spiro atoms. The molecule has 190 valence electrons. The molecule has 0 aliphatic carbocycles. The van der Waals surface area contributed by atoms with Crippen LogP contribution in [0.5, 0.6) is 0 Å². The smallest absolute Gasteiger partial charge is 0.159 e. The van der Waals surface area contributed by atoms with E-state index < -0.39 is 0 Å². The first-order valence-electron chi connectivity index (χ1n) is 13.8. The van der Waals surface area contributed by atoms with E-state index in [0.29, 0.717) is 0 Å². The lowest BCUT2D eigenvalue weighted by atomic mass is 9.88. The van der Waals surface area contributed by atoms with Crippen LogP contribution in [-0.4, -0.2) is 9.97 Å². The molecule has 2 heterocycles. The maximum atomic E-state index is 6.31. The van der Waals surface area contributed by atoms with Gasteiger partial charge in [0.1, 0.15) is 11.2 Å². The Balaban J connectivity index is 1.21. The van der Waals surface area contributed by atoms with Gasteiger partial charge in [0.05, 0.1) is 0 Å². The highest BCUT2D eigenvalue weighted by atomic mass is 16.3. The van der Waals surface area contributed by atoms with Crippen LogP contribution in [0.1, 0.15) is 0 Å². The van der Waals surface area contributed by atoms with Crippen molar-refractivity contribution in [3.63, 3.8) is 0 Å². The van der Waals surface area contributed by atoms with Crippen molar-refractivity contribution in [2.24, 2.45) is 0 Å².